The van der Waals surface area contributed by atoms with Crippen LogP contribution in [0.4, 0.5) is 0 Å². The highest BCUT2D eigenvalue weighted by atomic mass is 32.1. The molecule has 6 heteroatoms. The van der Waals surface area contributed by atoms with Crippen molar-refractivity contribution in [2.45, 2.75) is 5.92 Å². The first-order valence-corrected chi connectivity index (χ1v) is 8.48. The molecule has 0 spiro atoms. The van der Waals surface area contributed by atoms with Crippen molar-refractivity contribution in [2.75, 3.05) is 0 Å². The Kier molecular flexibility index (Phi) is 3.84. The molecule has 1 atom stereocenters. The van der Waals surface area contributed by atoms with Crippen LogP contribution >= 0.6 is 11.3 Å². The maximum absolute atomic E-state index is 13.1. The Hall–Kier alpha value is -3.30. The van der Waals surface area contributed by atoms with Crippen LogP contribution in [-0.2, 0) is 0 Å². The molecule has 0 unspecified atom stereocenters. The van der Waals surface area contributed by atoms with Crippen molar-refractivity contribution in [1.29, 1.82) is 5.26 Å². The molecule has 0 bridgehead atoms. The minimum Gasteiger partial charge on any atom is -0.292 e. The molecule has 4 rings (SSSR count). The van der Waals surface area contributed by atoms with E-state index in [-0.39, 0.29) is 5.78 Å². The molecule has 0 aliphatic carbocycles. The number of carbonyl (C=O) groups excluding carboxylic acids is 1. The number of hydrogen-bond donors (Lipinski definition) is 0. The second-order valence-electron chi connectivity index (χ2n) is 5.41. The van der Waals surface area contributed by atoms with Gasteiger partial charge in [0, 0.05) is 18.0 Å². The van der Waals surface area contributed by atoms with Crippen LogP contribution in [0.2, 0.25) is 0 Å². The molecule has 0 fully saturated rings. The van der Waals surface area contributed by atoms with Gasteiger partial charge < -0.3 is 0 Å². The van der Waals surface area contributed by atoms with Gasteiger partial charge in [0.05, 0.1) is 22.0 Å². The number of benzene rings is 2. The lowest BCUT2D eigenvalue weighted by Gasteiger charge is -2.10. The molecule has 0 saturated carbocycles. The number of thiazole rings is 1. The third-order valence-corrected chi connectivity index (χ3v) is 4.97. The number of para-hydroxylation sites is 2. The highest BCUT2D eigenvalue weighted by Crippen LogP contribution is 2.30. The molecule has 0 N–H and O–H groups in total. The summed E-state index contributed by atoms with van der Waals surface area (Å²) in [6.07, 6.45) is 3.42. The van der Waals surface area contributed by atoms with Crippen LogP contribution in [0.5, 0.6) is 0 Å². The average molecular weight is 344 g/mol. The molecule has 2 aromatic carbocycles. The van der Waals surface area contributed by atoms with Crippen molar-refractivity contribution < 1.29 is 4.79 Å². The van der Waals surface area contributed by atoms with E-state index >= 15 is 0 Å². The van der Waals surface area contributed by atoms with Crippen molar-refractivity contribution in [2.24, 2.45) is 0 Å². The summed E-state index contributed by atoms with van der Waals surface area (Å²) in [5.41, 5.74) is 1.91. The Bertz CT molecular complexity index is 1060. The van der Waals surface area contributed by atoms with Crippen LogP contribution in [0.15, 0.2) is 67.0 Å². The number of hydrogen-bond acceptors (Lipinski definition) is 5. The van der Waals surface area contributed by atoms with Crippen LogP contribution in [0.25, 0.3) is 15.9 Å². The zero-order valence-electron chi connectivity index (χ0n) is 13.0. The van der Waals surface area contributed by atoms with Gasteiger partial charge in [0.15, 0.2) is 11.7 Å². The fraction of sp³-hybridized carbons (Fsp3) is 0.0526. The molecule has 0 aliphatic heterocycles. The fourth-order valence-corrected chi connectivity index (χ4v) is 3.70. The monoisotopic (exact) mass is 344 g/mol. The van der Waals surface area contributed by atoms with E-state index in [1.165, 1.54) is 11.3 Å². The summed E-state index contributed by atoms with van der Waals surface area (Å²) >= 11 is 1.38. The highest BCUT2D eigenvalue weighted by molar-refractivity contribution is 7.18. The van der Waals surface area contributed by atoms with Gasteiger partial charge in [-0.15, -0.1) is 11.3 Å². The summed E-state index contributed by atoms with van der Waals surface area (Å²) in [5, 5.41) is 14.3. The van der Waals surface area contributed by atoms with E-state index in [1.54, 1.807) is 35.3 Å². The van der Waals surface area contributed by atoms with Crippen LogP contribution in [0.3, 0.4) is 0 Å². The van der Waals surface area contributed by atoms with Crippen molar-refractivity contribution in [3.8, 4) is 11.8 Å². The van der Waals surface area contributed by atoms with Gasteiger partial charge in [0.25, 0.3) is 0 Å². The third kappa shape index (κ3) is 2.71. The lowest BCUT2D eigenvalue weighted by molar-refractivity contribution is 0.0978. The predicted molar refractivity (Wildman–Crippen MR) is 95.9 cm³/mol. The molecule has 25 heavy (non-hydrogen) atoms. The lowest BCUT2D eigenvalue weighted by Crippen LogP contribution is -2.14. The van der Waals surface area contributed by atoms with Crippen LogP contribution in [0.1, 0.15) is 21.3 Å². The van der Waals surface area contributed by atoms with Crippen molar-refractivity contribution in [1.82, 2.24) is 14.8 Å². The Balaban J connectivity index is 1.78. The van der Waals surface area contributed by atoms with Gasteiger partial charge in [-0.25, -0.2) is 9.67 Å². The molecule has 4 aromatic rings. The van der Waals surface area contributed by atoms with Gasteiger partial charge in [0.1, 0.15) is 5.01 Å². The van der Waals surface area contributed by atoms with E-state index < -0.39 is 5.92 Å². The fourth-order valence-electron chi connectivity index (χ4n) is 2.69. The van der Waals surface area contributed by atoms with Crippen molar-refractivity contribution in [3.05, 3.63) is 77.6 Å². The van der Waals surface area contributed by atoms with Gasteiger partial charge in [-0.1, -0.05) is 24.3 Å². The normalized spacial score (nSPS) is 12.0. The van der Waals surface area contributed by atoms with Crippen molar-refractivity contribution in [3.63, 3.8) is 0 Å². The number of Topliss-reactive ketones (excluding diaryl/α,β-unsaturated/α-hetero) is 1. The second-order valence-corrected chi connectivity index (χ2v) is 6.48. The van der Waals surface area contributed by atoms with E-state index in [0.717, 1.165) is 10.2 Å². The van der Waals surface area contributed by atoms with Crippen LogP contribution < -0.4 is 0 Å². The molecule has 0 saturated heterocycles. The molecule has 0 amide bonds. The van der Waals surface area contributed by atoms with Gasteiger partial charge in [-0.2, -0.15) is 10.4 Å². The first-order valence-electron chi connectivity index (χ1n) is 7.66. The average Bonchev–Trinajstić information content (AvgIpc) is 3.32. The van der Waals surface area contributed by atoms with Gasteiger partial charge in [-0.3, -0.25) is 4.79 Å². The second kappa shape index (κ2) is 6.30. The minimum atomic E-state index is -0.936. The number of nitrogens with zero attached hydrogens (tertiary/aromatic N) is 4. The summed E-state index contributed by atoms with van der Waals surface area (Å²) < 4.78 is 2.59. The first kappa shape index (κ1) is 15.2. The molecule has 2 heterocycles. The zero-order chi connectivity index (χ0) is 17.2. The summed E-state index contributed by atoms with van der Waals surface area (Å²) in [4.78, 5) is 17.5. The summed E-state index contributed by atoms with van der Waals surface area (Å²) in [5.74, 6) is -1.21. The largest absolute Gasteiger partial charge is 0.292 e. The number of nitriles is 1. The Labute approximate surface area is 147 Å². The number of rotatable bonds is 4. The summed E-state index contributed by atoms with van der Waals surface area (Å²) in [7, 11) is 0. The van der Waals surface area contributed by atoms with E-state index in [2.05, 4.69) is 16.2 Å². The number of ketones is 1. The SMILES string of the molecule is N#C[C@H](C(=O)c1ccccc1-n1cccn1)c1nc2ccccc2s1. The molecule has 2 aromatic heterocycles. The number of aromatic nitrogens is 3. The molecular weight excluding hydrogens is 332 g/mol. The van der Waals surface area contributed by atoms with E-state index in [0.29, 0.717) is 16.3 Å². The zero-order valence-corrected chi connectivity index (χ0v) is 13.9. The molecule has 5 nitrogen and oxygen atoms in total. The van der Waals surface area contributed by atoms with Gasteiger partial charge >= 0.3 is 0 Å². The maximum atomic E-state index is 13.1. The van der Waals surface area contributed by atoms with E-state index in [4.69, 9.17) is 0 Å². The van der Waals surface area contributed by atoms with Crippen LogP contribution in [-0.4, -0.2) is 20.5 Å². The highest BCUT2D eigenvalue weighted by Gasteiger charge is 2.27. The van der Waals surface area contributed by atoms with Gasteiger partial charge in [0.2, 0.25) is 0 Å². The molecular formula is C19H12N4OS. The topological polar surface area (TPSA) is 71.6 Å². The number of fused-ring (bicyclic) bond motifs is 1. The summed E-state index contributed by atoms with van der Waals surface area (Å²) in [6, 6.07) is 18.7. The molecule has 0 aliphatic rings. The molecule has 0 radical (unpaired) electrons. The Morgan fingerprint density at radius 1 is 1.12 bits per heavy atom. The maximum Gasteiger partial charge on any atom is 0.189 e. The smallest absolute Gasteiger partial charge is 0.189 e. The van der Waals surface area contributed by atoms with Crippen LogP contribution in [0, 0.1) is 11.3 Å². The first-order chi connectivity index (χ1) is 12.3. The lowest BCUT2D eigenvalue weighted by atomic mass is 9.98. The predicted octanol–water partition coefficient (Wildman–Crippen LogP) is 3.97. The molecule has 120 valence electrons. The Morgan fingerprint density at radius 3 is 2.68 bits per heavy atom. The number of carbonyl (C=O) groups is 1. The minimum absolute atomic E-state index is 0.271. The van der Waals surface area contributed by atoms with Crippen molar-refractivity contribution >= 4 is 27.3 Å². The summed E-state index contributed by atoms with van der Waals surface area (Å²) in [6.45, 7) is 0. The standard InChI is InChI=1S/C19H12N4OS/c20-12-14(19-22-15-7-2-4-9-17(15)25-19)18(24)13-6-1-3-8-16(13)23-11-5-10-21-23/h1-11,14H/t14-/m1/s1. The van der Waals surface area contributed by atoms with Gasteiger partial charge in [-0.05, 0) is 30.3 Å². The Morgan fingerprint density at radius 2 is 1.92 bits per heavy atom. The third-order valence-electron chi connectivity index (χ3n) is 3.87. The van der Waals surface area contributed by atoms with E-state index in [1.807, 2.05) is 36.4 Å². The van der Waals surface area contributed by atoms with E-state index in [9.17, 15) is 10.1 Å². The quantitative estimate of drug-likeness (QED) is 0.525.